The van der Waals surface area contributed by atoms with Crippen molar-refractivity contribution in [1.82, 2.24) is 9.80 Å². The van der Waals surface area contributed by atoms with E-state index in [1.165, 1.54) is 18.2 Å². The lowest BCUT2D eigenvalue weighted by Gasteiger charge is -2.36. The van der Waals surface area contributed by atoms with E-state index in [0.29, 0.717) is 5.56 Å². The van der Waals surface area contributed by atoms with Crippen molar-refractivity contribution in [3.63, 3.8) is 0 Å². The van der Waals surface area contributed by atoms with Crippen LogP contribution in [0.4, 0.5) is 4.39 Å². The normalized spacial score (nSPS) is 17.2. The third-order valence-corrected chi connectivity index (χ3v) is 4.41. The smallest absolute Gasteiger partial charge is 0.253 e. The Morgan fingerprint density at radius 3 is 2.65 bits per heavy atom. The van der Waals surface area contributed by atoms with Gasteiger partial charge in [0.1, 0.15) is 5.82 Å². The first kappa shape index (κ1) is 15.3. The molecule has 110 valence electrons. The van der Waals surface area contributed by atoms with E-state index in [0.717, 1.165) is 32.5 Å². The Balaban J connectivity index is 2.03. The molecule has 1 aromatic carbocycles. The lowest BCUT2D eigenvalue weighted by molar-refractivity contribution is 0.0646. The van der Waals surface area contributed by atoms with Gasteiger partial charge < -0.3 is 9.80 Å². The molecule has 1 saturated heterocycles. The number of carbonyl (C=O) groups is 1. The number of nitrogens with zero attached hydrogens (tertiary/aromatic N) is 2. The van der Waals surface area contributed by atoms with Crippen molar-refractivity contribution in [1.29, 1.82) is 0 Å². The van der Waals surface area contributed by atoms with E-state index in [2.05, 4.69) is 24.5 Å². The zero-order valence-electron chi connectivity index (χ0n) is 12.0. The molecular formula is C15H21FN2OS. The van der Waals surface area contributed by atoms with Gasteiger partial charge in [-0.15, -0.1) is 12.6 Å². The van der Waals surface area contributed by atoms with Gasteiger partial charge in [-0.3, -0.25) is 4.79 Å². The van der Waals surface area contributed by atoms with Crippen LogP contribution in [0.15, 0.2) is 23.1 Å². The van der Waals surface area contributed by atoms with Gasteiger partial charge in [-0.05, 0) is 37.6 Å². The fourth-order valence-electron chi connectivity index (χ4n) is 2.64. The number of benzene rings is 1. The minimum absolute atomic E-state index is 0.0600. The highest BCUT2D eigenvalue weighted by Gasteiger charge is 2.25. The predicted octanol–water partition coefficient (Wildman–Crippen LogP) is 2.67. The first-order valence-electron chi connectivity index (χ1n) is 7.01. The number of halogens is 1. The Kier molecular flexibility index (Phi) is 5.05. The molecule has 0 atom stereocenters. The number of rotatable bonds is 3. The van der Waals surface area contributed by atoms with E-state index in [1.807, 2.05) is 7.05 Å². The largest absolute Gasteiger partial charge is 0.339 e. The summed E-state index contributed by atoms with van der Waals surface area (Å²) in [5.74, 6) is -0.459. The monoisotopic (exact) mass is 296 g/mol. The highest BCUT2D eigenvalue weighted by atomic mass is 32.1. The molecule has 20 heavy (non-hydrogen) atoms. The summed E-state index contributed by atoms with van der Waals surface area (Å²) in [6, 6.07) is 4.58. The molecule has 1 amide bonds. The molecule has 1 heterocycles. The van der Waals surface area contributed by atoms with Crippen molar-refractivity contribution in [2.24, 2.45) is 0 Å². The highest BCUT2D eigenvalue weighted by Crippen LogP contribution is 2.20. The molecule has 1 fully saturated rings. The molecule has 0 unspecified atom stereocenters. The van der Waals surface area contributed by atoms with E-state index in [-0.39, 0.29) is 16.8 Å². The molecule has 0 N–H and O–H groups in total. The van der Waals surface area contributed by atoms with Crippen LogP contribution in [0.25, 0.3) is 0 Å². The number of hydrogen-bond acceptors (Lipinski definition) is 3. The first-order valence-corrected chi connectivity index (χ1v) is 7.45. The fraction of sp³-hybridized carbons (Fsp3) is 0.533. The lowest BCUT2D eigenvalue weighted by Crippen LogP contribution is -2.45. The third kappa shape index (κ3) is 3.33. The maximum absolute atomic E-state index is 13.2. The summed E-state index contributed by atoms with van der Waals surface area (Å²) < 4.78 is 13.2. The number of thiol groups is 1. The van der Waals surface area contributed by atoms with Crippen LogP contribution >= 0.6 is 12.6 Å². The summed E-state index contributed by atoms with van der Waals surface area (Å²) in [7, 11) is 1.83. The van der Waals surface area contributed by atoms with Crippen molar-refractivity contribution in [3.8, 4) is 0 Å². The Hall–Kier alpha value is -1.07. The molecule has 1 aromatic rings. The van der Waals surface area contributed by atoms with Crippen LogP contribution < -0.4 is 0 Å². The first-order chi connectivity index (χ1) is 9.52. The summed E-state index contributed by atoms with van der Waals surface area (Å²) >= 11 is 4.03. The Bertz CT molecular complexity index is 487. The summed E-state index contributed by atoms with van der Waals surface area (Å²) in [6.07, 6.45) is 1.98. The Morgan fingerprint density at radius 2 is 2.10 bits per heavy atom. The zero-order valence-corrected chi connectivity index (χ0v) is 12.9. The third-order valence-electron chi connectivity index (χ3n) is 4.07. The molecule has 0 radical (unpaired) electrons. The van der Waals surface area contributed by atoms with Gasteiger partial charge in [0.2, 0.25) is 0 Å². The molecule has 1 aliphatic rings. The fourth-order valence-corrected chi connectivity index (χ4v) is 2.85. The molecule has 0 spiro atoms. The molecule has 3 nitrogen and oxygen atoms in total. The van der Waals surface area contributed by atoms with Gasteiger partial charge in [-0.2, -0.15) is 0 Å². The second-order valence-electron chi connectivity index (χ2n) is 5.25. The molecular weight excluding hydrogens is 275 g/mol. The average Bonchev–Trinajstić information content (AvgIpc) is 2.48. The summed E-state index contributed by atoms with van der Waals surface area (Å²) in [4.78, 5) is 16.8. The molecule has 0 aromatic heterocycles. The summed E-state index contributed by atoms with van der Waals surface area (Å²) in [6.45, 7) is 5.27. The van der Waals surface area contributed by atoms with Crippen molar-refractivity contribution in [3.05, 3.63) is 29.6 Å². The van der Waals surface area contributed by atoms with Crippen molar-refractivity contribution < 1.29 is 9.18 Å². The van der Waals surface area contributed by atoms with Crippen molar-refractivity contribution in [2.45, 2.75) is 30.7 Å². The molecule has 0 bridgehead atoms. The molecule has 5 heteroatoms. The van der Waals surface area contributed by atoms with Gasteiger partial charge in [0.25, 0.3) is 5.91 Å². The van der Waals surface area contributed by atoms with Crippen LogP contribution in [0, 0.1) is 5.82 Å². The van der Waals surface area contributed by atoms with E-state index in [9.17, 15) is 9.18 Å². The Labute approximate surface area is 125 Å². The van der Waals surface area contributed by atoms with Crippen LogP contribution in [-0.2, 0) is 0 Å². The predicted molar refractivity (Wildman–Crippen MR) is 80.9 cm³/mol. The lowest BCUT2D eigenvalue weighted by atomic mass is 10.0. The molecule has 2 rings (SSSR count). The van der Waals surface area contributed by atoms with E-state index >= 15 is 0 Å². The molecule has 0 saturated carbocycles. The van der Waals surface area contributed by atoms with Gasteiger partial charge in [0.05, 0.1) is 0 Å². The number of carbonyl (C=O) groups excluding carboxylic acids is 1. The topological polar surface area (TPSA) is 23.6 Å². The van der Waals surface area contributed by atoms with Gasteiger partial charge in [0.15, 0.2) is 0 Å². The van der Waals surface area contributed by atoms with Crippen molar-refractivity contribution >= 4 is 18.5 Å². The number of likely N-dealkylation sites (tertiary alicyclic amines) is 1. The van der Waals surface area contributed by atoms with Gasteiger partial charge in [0, 0.05) is 36.6 Å². The van der Waals surface area contributed by atoms with Crippen LogP contribution in [0.2, 0.25) is 0 Å². The maximum Gasteiger partial charge on any atom is 0.253 e. The summed E-state index contributed by atoms with van der Waals surface area (Å²) in [5.41, 5.74) is 0.497. The Morgan fingerprint density at radius 1 is 1.45 bits per heavy atom. The van der Waals surface area contributed by atoms with E-state index < -0.39 is 5.82 Å². The van der Waals surface area contributed by atoms with Crippen LogP contribution in [0.1, 0.15) is 30.1 Å². The minimum atomic E-state index is -0.399. The van der Waals surface area contributed by atoms with Crippen LogP contribution in [0.3, 0.4) is 0 Å². The molecule has 0 aliphatic carbocycles. The van der Waals surface area contributed by atoms with Gasteiger partial charge in [-0.25, -0.2) is 4.39 Å². The average molecular weight is 296 g/mol. The van der Waals surface area contributed by atoms with Crippen LogP contribution in [0.5, 0.6) is 0 Å². The second kappa shape index (κ2) is 6.59. The van der Waals surface area contributed by atoms with Crippen molar-refractivity contribution in [2.75, 3.05) is 26.7 Å². The molecule has 1 aliphatic heterocycles. The van der Waals surface area contributed by atoms with E-state index in [1.54, 1.807) is 4.90 Å². The number of hydrogen-bond donors (Lipinski definition) is 1. The minimum Gasteiger partial charge on any atom is -0.339 e. The number of amides is 1. The van der Waals surface area contributed by atoms with Gasteiger partial charge in [-0.1, -0.05) is 6.92 Å². The number of piperidine rings is 1. The standard InChI is InChI=1S/C15H21FN2OS/c1-3-18-8-6-12(7-9-18)17(2)15(19)11-4-5-13(16)14(20)10-11/h4-5,10,12,20H,3,6-9H2,1-2H3. The SMILES string of the molecule is CCN1CCC(N(C)C(=O)c2ccc(F)c(S)c2)CC1. The van der Waals surface area contributed by atoms with Gasteiger partial charge >= 0.3 is 0 Å². The van der Waals surface area contributed by atoms with Crippen LogP contribution in [-0.4, -0.2) is 48.4 Å². The second-order valence-corrected chi connectivity index (χ2v) is 5.73. The maximum atomic E-state index is 13.2. The summed E-state index contributed by atoms with van der Waals surface area (Å²) in [5, 5.41) is 0. The highest BCUT2D eigenvalue weighted by molar-refractivity contribution is 7.80. The quantitative estimate of drug-likeness (QED) is 0.867. The van der Waals surface area contributed by atoms with E-state index in [4.69, 9.17) is 0 Å². The zero-order chi connectivity index (χ0) is 14.7.